The fourth-order valence-corrected chi connectivity index (χ4v) is 0. The van der Waals surface area contributed by atoms with Gasteiger partial charge in [-0.15, -0.1) is 0 Å². The SMILES string of the molecule is [CH-]=O.[CH-]=O.[CH-]=O.[CH3-].[Fe+4]. The zero-order valence-corrected chi connectivity index (χ0v) is 5.41. The Morgan fingerprint density at radius 2 is 0.625 bits per heavy atom. The van der Waals surface area contributed by atoms with Crippen LogP contribution in [0.15, 0.2) is 0 Å². The Labute approximate surface area is 59.9 Å². The summed E-state index contributed by atoms with van der Waals surface area (Å²) in [6, 6.07) is 0. The van der Waals surface area contributed by atoms with Gasteiger partial charge in [0.2, 0.25) is 0 Å². The third-order valence-corrected chi connectivity index (χ3v) is 0. The van der Waals surface area contributed by atoms with Gasteiger partial charge in [0, 0.05) is 0 Å². The summed E-state index contributed by atoms with van der Waals surface area (Å²) in [6.07, 6.45) is 0. The third-order valence-electron chi connectivity index (χ3n) is 0. The van der Waals surface area contributed by atoms with E-state index in [0.717, 1.165) is 0 Å². The van der Waals surface area contributed by atoms with Gasteiger partial charge < -0.3 is 21.8 Å². The normalized spacial score (nSPS) is 1.50. The van der Waals surface area contributed by atoms with E-state index in [9.17, 15) is 0 Å². The Kier molecular flexibility index (Phi) is 5660. The van der Waals surface area contributed by atoms with Crippen molar-refractivity contribution < 1.29 is 31.5 Å². The van der Waals surface area contributed by atoms with Crippen molar-refractivity contribution in [1.29, 1.82) is 0 Å². The molecule has 0 unspecified atom stereocenters. The quantitative estimate of drug-likeness (QED) is 0.274. The maximum atomic E-state index is 7.75. The van der Waals surface area contributed by atoms with Gasteiger partial charge in [0.1, 0.15) is 0 Å². The van der Waals surface area contributed by atoms with Crippen molar-refractivity contribution in [2.24, 2.45) is 0 Å². The maximum absolute atomic E-state index is 7.75. The molecule has 48 valence electrons. The minimum absolute atomic E-state index is 0. The first-order valence-corrected chi connectivity index (χ1v) is 0.707. The molecule has 0 atom stereocenters. The van der Waals surface area contributed by atoms with E-state index in [1.54, 1.807) is 0 Å². The molecule has 0 radical (unpaired) electrons. The first-order valence-electron chi connectivity index (χ1n) is 0.707. The molecule has 3 nitrogen and oxygen atoms in total. The zero-order valence-electron chi connectivity index (χ0n) is 4.31. The van der Waals surface area contributed by atoms with Crippen LogP contribution < -0.4 is 0 Å². The molecule has 0 aromatic carbocycles. The van der Waals surface area contributed by atoms with E-state index < -0.39 is 0 Å². The van der Waals surface area contributed by atoms with Crippen molar-refractivity contribution in [1.82, 2.24) is 0 Å². The van der Waals surface area contributed by atoms with E-state index in [1.165, 1.54) is 0 Å². The molecule has 0 aliphatic carbocycles. The minimum Gasteiger partial charge on any atom is -0.545 e. The number of carbonyl (C=O) groups excluding carboxylic acids is 3. The topological polar surface area (TPSA) is 51.2 Å². The van der Waals surface area contributed by atoms with Gasteiger partial charge >= 0.3 is 17.1 Å². The summed E-state index contributed by atoms with van der Waals surface area (Å²) < 4.78 is 0. The monoisotopic (exact) mass is 158 g/mol. The van der Waals surface area contributed by atoms with Crippen LogP contribution in [0.4, 0.5) is 0 Å². The zero-order chi connectivity index (χ0) is 6.00. The van der Waals surface area contributed by atoms with E-state index in [0.29, 0.717) is 0 Å². The average Bonchev–Trinajstić information content (AvgIpc) is 1.81. The van der Waals surface area contributed by atoms with Crippen LogP contribution in [0.3, 0.4) is 0 Å². The van der Waals surface area contributed by atoms with Crippen LogP contribution in [0.2, 0.25) is 0 Å². The molecule has 4 heteroatoms. The third kappa shape index (κ3) is 512. The summed E-state index contributed by atoms with van der Waals surface area (Å²) >= 11 is 0. The van der Waals surface area contributed by atoms with E-state index in [1.807, 2.05) is 0 Å². The average molecular weight is 158 g/mol. The summed E-state index contributed by atoms with van der Waals surface area (Å²) in [5.74, 6) is 0. The van der Waals surface area contributed by atoms with Crippen LogP contribution in [-0.2, 0) is 31.5 Å². The summed E-state index contributed by atoms with van der Waals surface area (Å²) in [6.45, 7) is 9.75. The molecule has 0 heterocycles. The summed E-state index contributed by atoms with van der Waals surface area (Å²) in [5, 5.41) is 0. The number of hydrogen-bond acceptors (Lipinski definition) is 3. The van der Waals surface area contributed by atoms with Gasteiger partial charge in [0.15, 0.2) is 0 Å². The molecule has 0 amide bonds. The van der Waals surface area contributed by atoms with Crippen molar-refractivity contribution in [2.45, 2.75) is 0 Å². The largest absolute Gasteiger partial charge is 4.00 e. The van der Waals surface area contributed by atoms with Crippen molar-refractivity contribution in [3.05, 3.63) is 7.43 Å². The first kappa shape index (κ1) is 50.2. The van der Waals surface area contributed by atoms with Crippen LogP contribution in [0.5, 0.6) is 0 Å². The second kappa shape index (κ2) is 902. The fraction of sp³-hybridized carbons (Fsp3) is 0. The summed E-state index contributed by atoms with van der Waals surface area (Å²) in [5.41, 5.74) is 0. The minimum atomic E-state index is 0. The van der Waals surface area contributed by atoms with Crippen molar-refractivity contribution >= 4 is 20.4 Å². The summed E-state index contributed by atoms with van der Waals surface area (Å²) in [7, 11) is 0. The van der Waals surface area contributed by atoms with Crippen LogP contribution >= 0.6 is 0 Å². The molecule has 0 aromatic heterocycles. The molecule has 0 spiro atoms. The van der Waals surface area contributed by atoms with Gasteiger partial charge in [-0.25, -0.2) is 0 Å². The number of rotatable bonds is 0. The van der Waals surface area contributed by atoms with Gasteiger partial charge in [-0.2, -0.15) is 0 Å². The Balaban J connectivity index is -0.00000000500. The van der Waals surface area contributed by atoms with Crippen LogP contribution in [0.25, 0.3) is 0 Å². The Bertz CT molecular complexity index is 16.0. The van der Waals surface area contributed by atoms with Gasteiger partial charge in [-0.05, 0) is 0 Å². The van der Waals surface area contributed by atoms with Gasteiger partial charge in [0.25, 0.3) is 0 Å². The molecule has 8 heavy (non-hydrogen) atoms. The second-order valence-corrected chi connectivity index (χ2v) is 0. The van der Waals surface area contributed by atoms with Crippen LogP contribution in [0, 0.1) is 7.43 Å². The Morgan fingerprint density at radius 1 is 0.625 bits per heavy atom. The van der Waals surface area contributed by atoms with Crippen LogP contribution in [0.1, 0.15) is 0 Å². The molecule has 0 bridgehead atoms. The molecule has 0 fully saturated rings. The molecule has 0 aliphatic heterocycles. The summed E-state index contributed by atoms with van der Waals surface area (Å²) in [4.78, 5) is 23.2. The standard InChI is InChI=1S/3CHO.CH3.Fe/c3*1-2;;/h3*1H;1H3;/q4*-1;+4. The maximum Gasteiger partial charge on any atom is 4.00 e. The molecule has 0 N–H and O–H groups in total. The van der Waals surface area contributed by atoms with E-state index in [-0.39, 0.29) is 24.5 Å². The van der Waals surface area contributed by atoms with Crippen LogP contribution in [-0.4, -0.2) is 20.4 Å². The molecule has 0 aromatic rings. The van der Waals surface area contributed by atoms with Crippen molar-refractivity contribution in [2.75, 3.05) is 0 Å². The Morgan fingerprint density at radius 3 is 0.625 bits per heavy atom. The molecule has 0 saturated carbocycles. The molecular formula is C4H6FeO3. The second-order valence-electron chi connectivity index (χ2n) is 0. The molecule has 0 saturated heterocycles. The van der Waals surface area contributed by atoms with Gasteiger partial charge in [-0.1, -0.05) is 0 Å². The molecule has 0 rings (SSSR count). The van der Waals surface area contributed by atoms with Crippen molar-refractivity contribution in [3.63, 3.8) is 0 Å². The Hall–Kier alpha value is -0.471. The first-order chi connectivity index (χ1) is 3.00. The molecule has 0 aliphatic rings. The molecular weight excluding hydrogens is 152 g/mol. The smallest absolute Gasteiger partial charge is 0.545 e. The predicted molar refractivity (Wildman–Crippen MR) is 26.7 cm³/mol. The fourth-order valence-electron chi connectivity index (χ4n) is 0. The van der Waals surface area contributed by atoms with Gasteiger partial charge in [-0.3, -0.25) is 20.4 Å². The van der Waals surface area contributed by atoms with E-state index >= 15 is 0 Å². The van der Waals surface area contributed by atoms with E-state index in [2.05, 4.69) is 20.4 Å². The van der Waals surface area contributed by atoms with Crippen molar-refractivity contribution in [3.8, 4) is 0 Å². The van der Waals surface area contributed by atoms with Gasteiger partial charge in [0.05, 0.1) is 0 Å². The number of hydrogen-bond donors (Lipinski definition) is 0. The predicted octanol–water partition coefficient (Wildman–Crippen LogP) is -0.375. The van der Waals surface area contributed by atoms with E-state index in [4.69, 9.17) is 14.4 Å².